The van der Waals surface area contributed by atoms with Gasteiger partial charge in [0.1, 0.15) is 23.1 Å². The maximum Gasteiger partial charge on any atom is 0.272 e. The summed E-state index contributed by atoms with van der Waals surface area (Å²) < 4.78 is 7.56. The first kappa shape index (κ1) is 29.7. The normalized spacial score (nSPS) is 19.1. The Kier molecular flexibility index (Phi) is 7.81. The number of aryl methyl sites for hydroxylation is 1. The molecule has 238 valence electrons. The Morgan fingerprint density at radius 3 is 2.48 bits per heavy atom. The van der Waals surface area contributed by atoms with Crippen LogP contribution in [0.5, 0.6) is 5.75 Å². The molecule has 1 saturated carbocycles. The lowest BCUT2D eigenvalue weighted by Crippen LogP contribution is -2.52. The number of aromatic nitrogens is 5. The number of methoxy groups -OCH3 is 1. The van der Waals surface area contributed by atoms with Crippen molar-refractivity contribution in [3.05, 3.63) is 60.0 Å². The predicted molar refractivity (Wildman–Crippen MR) is 178 cm³/mol. The number of anilines is 2. The molecular formula is C34H39N9O3. The molecule has 0 radical (unpaired) electrons. The molecule has 3 aromatic heterocycles. The molecule has 2 aromatic carbocycles. The van der Waals surface area contributed by atoms with E-state index in [4.69, 9.17) is 20.4 Å². The highest BCUT2D eigenvalue weighted by Crippen LogP contribution is 2.38. The van der Waals surface area contributed by atoms with Crippen molar-refractivity contribution in [2.24, 2.45) is 7.05 Å². The number of amides is 2. The summed E-state index contributed by atoms with van der Waals surface area (Å²) >= 11 is 0. The van der Waals surface area contributed by atoms with E-state index in [9.17, 15) is 9.59 Å². The van der Waals surface area contributed by atoms with Gasteiger partial charge in [-0.25, -0.2) is 9.97 Å². The first-order valence-electron chi connectivity index (χ1n) is 15.9. The van der Waals surface area contributed by atoms with E-state index in [1.807, 2.05) is 65.0 Å². The molecule has 1 saturated heterocycles. The first-order chi connectivity index (χ1) is 22.3. The van der Waals surface area contributed by atoms with E-state index < -0.39 is 0 Å². The van der Waals surface area contributed by atoms with Crippen LogP contribution in [0.3, 0.4) is 0 Å². The van der Waals surface area contributed by atoms with Gasteiger partial charge in [-0.3, -0.25) is 19.6 Å². The number of nitrogens with zero attached hydrogens (tertiary/aromatic N) is 6. The fourth-order valence-corrected chi connectivity index (χ4v) is 7.10. The van der Waals surface area contributed by atoms with Crippen LogP contribution >= 0.6 is 0 Å². The number of carbonyl (C=O) groups is 2. The molecule has 0 unspecified atom stereocenters. The molecular weight excluding hydrogens is 582 g/mol. The number of para-hydroxylation sites is 1. The average Bonchev–Trinajstić information content (AvgIpc) is 3.67. The Balaban J connectivity index is 1.06. The monoisotopic (exact) mass is 621 g/mol. The van der Waals surface area contributed by atoms with Gasteiger partial charge < -0.3 is 25.3 Å². The molecule has 0 atom stereocenters. The summed E-state index contributed by atoms with van der Waals surface area (Å²) in [7, 11) is 3.45. The SMILES string of the molecule is COc1cc(-c2[nH]nc3nc(C4CCC(N5CCN(C(C)=O)CC5)CC4)nc(N)c23)ccc1NC(=O)c1cc2ccccc2n1C. The number of benzene rings is 2. The largest absolute Gasteiger partial charge is 0.495 e. The van der Waals surface area contributed by atoms with Crippen LogP contribution in [0.2, 0.25) is 0 Å². The van der Waals surface area contributed by atoms with E-state index in [1.165, 1.54) is 0 Å². The van der Waals surface area contributed by atoms with Gasteiger partial charge in [0.15, 0.2) is 5.65 Å². The topological polar surface area (TPSA) is 147 Å². The molecule has 4 heterocycles. The maximum absolute atomic E-state index is 13.2. The quantitative estimate of drug-likeness (QED) is 0.250. The third-order valence-corrected chi connectivity index (χ3v) is 9.72. The molecule has 5 aromatic rings. The van der Waals surface area contributed by atoms with Gasteiger partial charge in [-0.15, -0.1) is 0 Å². The van der Waals surface area contributed by atoms with Gasteiger partial charge in [0.2, 0.25) is 5.91 Å². The lowest BCUT2D eigenvalue weighted by atomic mass is 9.84. The van der Waals surface area contributed by atoms with Crippen molar-refractivity contribution in [2.45, 2.75) is 44.6 Å². The molecule has 0 spiro atoms. The van der Waals surface area contributed by atoms with Gasteiger partial charge in [0.05, 0.1) is 23.9 Å². The number of aromatic amines is 1. The summed E-state index contributed by atoms with van der Waals surface area (Å²) in [4.78, 5) is 39.0. The number of piperazine rings is 1. The summed E-state index contributed by atoms with van der Waals surface area (Å²) in [5.74, 6) is 1.79. The fraction of sp³-hybridized carbons (Fsp3) is 0.382. The number of ether oxygens (including phenoxy) is 1. The number of rotatable bonds is 6. The van der Waals surface area contributed by atoms with Crippen molar-refractivity contribution < 1.29 is 14.3 Å². The van der Waals surface area contributed by atoms with Gasteiger partial charge in [0.25, 0.3) is 5.91 Å². The second-order valence-electron chi connectivity index (χ2n) is 12.3. The number of hydrogen-bond donors (Lipinski definition) is 3. The van der Waals surface area contributed by atoms with E-state index in [2.05, 4.69) is 20.4 Å². The zero-order valence-corrected chi connectivity index (χ0v) is 26.4. The Bertz CT molecular complexity index is 1930. The number of hydrogen-bond acceptors (Lipinski definition) is 8. The minimum Gasteiger partial charge on any atom is -0.495 e. The number of fused-ring (bicyclic) bond motifs is 2. The zero-order chi connectivity index (χ0) is 31.9. The van der Waals surface area contributed by atoms with Crippen LogP contribution < -0.4 is 15.8 Å². The van der Waals surface area contributed by atoms with Crippen LogP contribution in [-0.4, -0.2) is 85.7 Å². The molecule has 1 aliphatic carbocycles. The molecule has 7 rings (SSSR count). The summed E-state index contributed by atoms with van der Waals surface area (Å²) in [6, 6.07) is 15.8. The Morgan fingerprint density at radius 1 is 1.00 bits per heavy atom. The summed E-state index contributed by atoms with van der Waals surface area (Å²) in [5, 5.41) is 12.3. The van der Waals surface area contributed by atoms with Crippen molar-refractivity contribution in [2.75, 3.05) is 44.3 Å². The zero-order valence-electron chi connectivity index (χ0n) is 26.4. The number of nitrogens with one attached hydrogen (secondary N) is 2. The third kappa shape index (κ3) is 5.42. The highest BCUT2D eigenvalue weighted by atomic mass is 16.5. The van der Waals surface area contributed by atoms with E-state index in [0.717, 1.165) is 74.2 Å². The van der Waals surface area contributed by atoms with Gasteiger partial charge in [-0.1, -0.05) is 24.3 Å². The molecule has 0 bridgehead atoms. The van der Waals surface area contributed by atoms with E-state index in [1.54, 1.807) is 14.0 Å². The van der Waals surface area contributed by atoms with Crippen molar-refractivity contribution >= 4 is 45.3 Å². The average molecular weight is 622 g/mol. The number of carbonyl (C=O) groups excluding carboxylic acids is 2. The maximum atomic E-state index is 13.2. The van der Waals surface area contributed by atoms with Crippen LogP contribution in [0.15, 0.2) is 48.5 Å². The molecule has 1 aliphatic heterocycles. The van der Waals surface area contributed by atoms with Crippen molar-refractivity contribution in [1.82, 2.24) is 34.5 Å². The Morgan fingerprint density at radius 2 is 1.76 bits per heavy atom. The van der Waals surface area contributed by atoms with Crippen molar-refractivity contribution in [1.29, 1.82) is 0 Å². The minimum atomic E-state index is -0.230. The van der Waals surface area contributed by atoms with Crippen LogP contribution in [0.1, 0.15) is 54.8 Å². The van der Waals surface area contributed by atoms with E-state index in [-0.39, 0.29) is 17.7 Å². The van der Waals surface area contributed by atoms with Crippen LogP contribution in [0.25, 0.3) is 33.2 Å². The van der Waals surface area contributed by atoms with E-state index in [0.29, 0.717) is 45.7 Å². The van der Waals surface area contributed by atoms with Crippen LogP contribution in [-0.2, 0) is 11.8 Å². The van der Waals surface area contributed by atoms with E-state index >= 15 is 0 Å². The molecule has 2 aliphatic rings. The standard InChI is InChI=1S/C34H39N9O3/c1-20(44)42-14-16-43(17-15-42)24-11-8-21(9-12-24)32-37-31(35)29-30(39-40-33(29)38-32)23-10-13-25(28(19-23)46-3)36-34(45)27-18-22-6-4-5-7-26(22)41(27)2/h4-7,10,13,18-19,21,24H,8-9,11-12,14-17H2,1-3H3,(H,36,45)(H3,35,37,38,39,40). The second-order valence-corrected chi connectivity index (χ2v) is 12.3. The van der Waals surface area contributed by atoms with Crippen molar-refractivity contribution in [3.63, 3.8) is 0 Å². The van der Waals surface area contributed by atoms with Gasteiger partial charge >= 0.3 is 0 Å². The fourth-order valence-electron chi connectivity index (χ4n) is 7.10. The molecule has 4 N–H and O–H groups in total. The first-order valence-corrected chi connectivity index (χ1v) is 15.9. The molecule has 2 amide bonds. The number of nitrogen functional groups attached to an aromatic ring is 1. The third-order valence-electron chi connectivity index (χ3n) is 9.72. The summed E-state index contributed by atoms with van der Waals surface area (Å²) in [5.41, 5.74) is 10.7. The Labute approximate surface area is 266 Å². The summed E-state index contributed by atoms with van der Waals surface area (Å²) in [6.07, 6.45) is 4.12. The van der Waals surface area contributed by atoms with Crippen LogP contribution in [0, 0.1) is 0 Å². The van der Waals surface area contributed by atoms with Gasteiger partial charge in [0, 0.05) is 68.6 Å². The molecule has 12 heteroatoms. The predicted octanol–water partition coefficient (Wildman–Crippen LogP) is 4.55. The smallest absolute Gasteiger partial charge is 0.272 e. The van der Waals surface area contributed by atoms with Gasteiger partial charge in [-0.2, -0.15) is 5.10 Å². The second kappa shape index (κ2) is 12.1. The highest BCUT2D eigenvalue weighted by Gasteiger charge is 2.31. The van der Waals surface area contributed by atoms with Crippen molar-refractivity contribution in [3.8, 4) is 17.0 Å². The Hall–Kier alpha value is -4.97. The lowest BCUT2D eigenvalue weighted by Gasteiger charge is -2.41. The van der Waals surface area contributed by atoms with Crippen LogP contribution in [0.4, 0.5) is 11.5 Å². The van der Waals surface area contributed by atoms with Gasteiger partial charge in [-0.05, 0) is 49.9 Å². The molecule has 46 heavy (non-hydrogen) atoms. The lowest BCUT2D eigenvalue weighted by molar-refractivity contribution is -0.131. The minimum absolute atomic E-state index is 0.160. The summed E-state index contributed by atoms with van der Waals surface area (Å²) in [6.45, 7) is 5.13. The number of nitrogens with two attached hydrogens (primary N) is 1. The highest BCUT2D eigenvalue weighted by molar-refractivity contribution is 6.07. The number of H-pyrrole nitrogens is 1. The molecule has 12 nitrogen and oxygen atoms in total. The molecule has 2 fully saturated rings.